The lowest BCUT2D eigenvalue weighted by Gasteiger charge is -2.42. The number of benzene rings is 3. The van der Waals surface area contributed by atoms with Crippen molar-refractivity contribution < 1.29 is 29.0 Å². The highest BCUT2D eigenvalue weighted by atomic mass is 79.9. The molecule has 4 atom stereocenters. The molecular weight excluding hydrogens is 688 g/mol. The summed E-state index contributed by atoms with van der Waals surface area (Å²) in [5.41, 5.74) is 4.90. The van der Waals surface area contributed by atoms with Gasteiger partial charge in [-0.05, 0) is 108 Å². The van der Waals surface area contributed by atoms with E-state index in [-0.39, 0.29) is 45.8 Å². The topological polar surface area (TPSA) is 129 Å². The maximum atomic E-state index is 14.3. The van der Waals surface area contributed by atoms with E-state index in [9.17, 15) is 24.3 Å². The molecule has 0 saturated carbocycles. The second kappa shape index (κ2) is 12.7. The maximum Gasteiger partial charge on any atom is 0.238 e. The number of rotatable bonds is 7. The van der Waals surface area contributed by atoms with Crippen LogP contribution in [0.1, 0.15) is 31.2 Å². The predicted octanol–water partition coefficient (Wildman–Crippen LogP) is 7.24. The molecule has 1 aliphatic heterocycles. The molecule has 0 unspecified atom stereocenters. The fourth-order valence-corrected chi connectivity index (χ4v) is 7.87. The molecule has 1 heterocycles. The molecule has 2 amide bonds. The van der Waals surface area contributed by atoms with Crippen molar-refractivity contribution in [2.75, 3.05) is 30.5 Å². The maximum absolute atomic E-state index is 14.3. The molecule has 0 aromatic heterocycles. The molecular formula is C38H33BrN4O6. The van der Waals surface area contributed by atoms with Crippen LogP contribution in [0.2, 0.25) is 0 Å². The third kappa shape index (κ3) is 5.61. The number of halogens is 1. The number of carbonyl (C=O) groups excluding carboxylic acids is 4. The van der Waals surface area contributed by atoms with Gasteiger partial charge in [0.05, 0.1) is 40.0 Å². The Kier molecular flexibility index (Phi) is 8.40. The summed E-state index contributed by atoms with van der Waals surface area (Å²) in [6, 6.07) is 19.3. The number of imide groups is 1. The molecule has 0 radical (unpaired) electrons. The first-order valence-electron chi connectivity index (χ1n) is 16.1. The minimum absolute atomic E-state index is 0.0445. The van der Waals surface area contributed by atoms with Crippen LogP contribution in [-0.2, 0) is 19.2 Å². The van der Waals surface area contributed by atoms with Gasteiger partial charge in [0.2, 0.25) is 11.8 Å². The number of amides is 2. The molecule has 1 N–H and O–H groups in total. The van der Waals surface area contributed by atoms with Crippen LogP contribution in [0.5, 0.6) is 11.5 Å². The number of phenolic OH excluding ortho intramolecular Hbond substituents is 1. The normalized spacial score (nSPS) is 23.3. The Morgan fingerprint density at radius 2 is 1.59 bits per heavy atom. The lowest BCUT2D eigenvalue weighted by Crippen LogP contribution is -2.39. The summed E-state index contributed by atoms with van der Waals surface area (Å²) in [7, 11) is 3.93. The first-order valence-corrected chi connectivity index (χ1v) is 16.9. The van der Waals surface area contributed by atoms with Crippen LogP contribution in [0.3, 0.4) is 0 Å². The van der Waals surface area contributed by atoms with Gasteiger partial charge in [0.1, 0.15) is 0 Å². The van der Waals surface area contributed by atoms with Crippen molar-refractivity contribution in [2.45, 2.75) is 25.7 Å². The van der Waals surface area contributed by atoms with E-state index >= 15 is 0 Å². The van der Waals surface area contributed by atoms with Crippen LogP contribution in [0, 0.1) is 17.8 Å². The van der Waals surface area contributed by atoms with Crippen molar-refractivity contribution in [2.24, 2.45) is 28.0 Å². The quantitative estimate of drug-likeness (QED) is 0.118. The largest absolute Gasteiger partial charge is 0.504 e. The van der Waals surface area contributed by atoms with Crippen LogP contribution in [0.4, 0.5) is 22.7 Å². The third-order valence-corrected chi connectivity index (χ3v) is 10.3. The Bertz CT molecular complexity index is 2030. The van der Waals surface area contributed by atoms with Crippen molar-refractivity contribution in [3.8, 4) is 11.5 Å². The predicted molar refractivity (Wildman–Crippen MR) is 188 cm³/mol. The number of ketones is 2. The number of hydrogen-bond acceptors (Lipinski definition) is 9. The first kappa shape index (κ1) is 32.4. The van der Waals surface area contributed by atoms with E-state index in [0.29, 0.717) is 46.8 Å². The van der Waals surface area contributed by atoms with Crippen LogP contribution in [-0.4, -0.2) is 49.2 Å². The number of hydrogen-bond donors (Lipinski definition) is 1. The minimum Gasteiger partial charge on any atom is -0.504 e. The Hall–Kier alpha value is -5.16. The summed E-state index contributed by atoms with van der Waals surface area (Å²) in [4.78, 5) is 58.4. The van der Waals surface area contributed by atoms with E-state index in [1.165, 1.54) is 17.0 Å². The van der Waals surface area contributed by atoms with Crippen LogP contribution in [0.15, 0.2) is 110 Å². The number of phenols is 1. The Morgan fingerprint density at radius 1 is 0.918 bits per heavy atom. The molecule has 248 valence electrons. The fourth-order valence-electron chi connectivity index (χ4n) is 7.42. The second-order valence-corrected chi connectivity index (χ2v) is 13.5. The summed E-state index contributed by atoms with van der Waals surface area (Å²) in [5, 5.41) is 19.0. The van der Waals surface area contributed by atoms with Gasteiger partial charge in [0.15, 0.2) is 23.1 Å². The summed E-state index contributed by atoms with van der Waals surface area (Å²) in [6.07, 6.45) is 3.72. The van der Waals surface area contributed by atoms with Gasteiger partial charge in [-0.15, -0.1) is 0 Å². The summed E-state index contributed by atoms with van der Waals surface area (Å²) in [6.45, 7) is 2.12. The molecule has 1 saturated heterocycles. The Labute approximate surface area is 291 Å². The van der Waals surface area contributed by atoms with E-state index in [0.717, 1.165) is 11.3 Å². The highest BCUT2D eigenvalue weighted by Gasteiger charge is 2.56. The van der Waals surface area contributed by atoms with Gasteiger partial charge in [-0.25, -0.2) is 0 Å². The molecule has 3 aromatic rings. The number of Topliss-reactive ketones (excluding diaryl/α,β-unsaturated/α-hetero) is 1. The zero-order chi connectivity index (χ0) is 34.6. The van der Waals surface area contributed by atoms with Crippen molar-refractivity contribution >= 4 is 62.1 Å². The van der Waals surface area contributed by atoms with Crippen molar-refractivity contribution in [3.05, 3.63) is 106 Å². The van der Waals surface area contributed by atoms with Gasteiger partial charge < -0.3 is 14.7 Å². The third-order valence-electron chi connectivity index (χ3n) is 9.70. The van der Waals surface area contributed by atoms with Crippen LogP contribution in [0.25, 0.3) is 0 Å². The number of azo groups is 1. The average molecular weight is 722 g/mol. The van der Waals surface area contributed by atoms with E-state index < -0.39 is 23.7 Å². The van der Waals surface area contributed by atoms with Gasteiger partial charge in [-0.3, -0.25) is 24.1 Å². The number of allylic oxidation sites excluding steroid dienone is 6. The van der Waals surface area contributed by atoms with Crippen LogP contribution >= 0.6 is 15.9 Å². The fraction of sp³-hybridized carbons (Fsp3) is 0.263. The lowest BCUT2D eigenvalue weighted by atomic mass is 9.59. The van der Waals surface area contributed by atoms with Crippen molar-refractivity contribution in [1.29, 1.82) is 0 Å². The van der Waals surface area contributed by atoms with Crippen LogP contribution < -0.4 is 14.5 Å². The first-order chi connectivity index (χ1) is 23.6. The van der Waals surface area contributed by atoms with Crippen molar-refractivity contribution in [1.82, 2.24) is 0 Å². The standard InChI is InChI=1S/C38H33BrN4O6/c1-4-49-32-17-20(5-16-30(32)44)33-25-14-15-26-34(27(25)18-28-35(33)31(45)19-29(39)36(28)46)38(48)43(37(26)47)24-12-8-22(9-13-24)41-40-21-6-10-23(11-7-21)42(2)3/h5-14,16-17,19,26-27,33-34,44H,4,15,18H2,1-3H3/t26-,27+,33-,34-/m0/s1. The monoisotopic (exact) mass is 720 g/mol. The molecule has 1 fully saturated rings. The van der Waals surface area contributed by atoms with Gasteiger partial charge >= 0.3 is 0 Å². The number of fused-ring (bicyclic) bond motifs is 3. The van der Waals surface area contributed by atoms with E-state index in [4.69, 9.17) is 4.74 Å². The number of aromatic hydroxyl groups is 1. The molecule has 4 aliphatic rings. The molecule has 0 spiro atoms. The molecule has 10 nitrogen and oxygen atoms in total. The van der Waals surface area contributed by atoms with Gasteiger partial charge in [0.25, 0.3) is 0 Å². The molecule has 11 heteroatoms. The highest BCUT2D eigenvalue weighted by molar-refractivity contribution is 9.12. The van der Waals surface area contributed by atoms with Crippen molar-refractivity contribution in [3.63, 3.8) is 0 Å². The molecule has 49 heavy (non-hydrogen) atoms. The molecule has 3 aliphatic carbocycles. The van der Waals surface area contributed by atoms with E-state index in [2.05, 4.69) is 26.2 Å². The summed E-state index contributed by atoms with van der Waals surface area (Å²) in [5.74, 6) is -3.50. The molecule has 7 rings (SSSR count). The Balaban J connectivity index is 1.20. The lowest BCUT2D eigenvalue weighted by molar-refractivity contribution is -0.123. The minimum atomic E-state index is -0.718. The van der Waals surface area contributed by atoms with Gasteiger partial charge in [-0.1, -0.05) is 17.7 Å². The van der Waals surface area contributed by atoms with Gasteiger partial charge in [0, 0.05) is 42.9 Å². The summed E-state index contributed by atoms with van der Waals surface area (Å²) < 4.78 is 5.81. The zero-order valence-corrected chi connectivity index (χ0v) is 28.7. The zero-order valence-electron chi connectivity index (χ0n) is 27.1. The molecule has 3 aromatic carbocycles. The van der Waals surface area contributed by atoms with E-state index in [1.54, 1.807) is 43.3 Å². The number of anilines is 2. The van der Waals surface area contributed by atoms with E-state index in [1.807, 2.05) is 49.3 Å². The second-order valence-electron chi connectivity index (χ2n) is 12.7. The smallest absolute Gasteiger partial charge is 0.238 e. The molecule has 0 bridgehead atoms. The number of nitrogens with zero attached hydrogens (tertiary/aromatic N) is 4. The highest BCUT2D eigenvalue weighted by Crippen LogP contribution is 2.56. The SMILES string of the molecule is CCOc1cc([C@H]2C3=CC[C@@H]4C(=O)N(c5ccc(N=Nc6ccc(N(C)C)cc6)cc5)C(=O)[C@@H]4[C@@H]3CC3=C2C(=O)C=C(Br)C3=O)ccc1O. The number of carbonyl (C=O) groups is 4. The average Bonchev–Trinajstić information content (AvgIpc) is 3.36. The van der Waals surface area contributed by atoms with Gasteiger partial charge in [-0.2, -0.15) is 10.2 Å². The number of ether oxygens (including phenoxy) is 1. The summed E-state index contributed by atoms with van der Waals surface area (Å²) >= 11 is 3.26. The Morgan fingerprint density at radius 3 is 2.24 bits per heavy atom.